The van der Waals surface area contributed by atoms with Crippen LogP contribution in [0.4, 0.5) is 0 Å². The third-order valence-corrected chi connectivity index (χ3v) is 2.15. The van der Waals surface area contributed by atoms with Gasteiger partial charge in [0.15, 0.2) is 0 Å². The largest absolute Gasteiger partial charge is 0.394 e. The Morgan fingerprint density at radius 3 is 3.00 bits per heavy atom. The van der Waals surface area contributed by atoms with Crippen LogP contribution in [0.15, 0.2) is 0 Å². The monoisotopic (exact) mass is 175 g/mol. The number of hydrogen-bond acceptors (Lipinski definition) is 4. The van der Waals surface area contributed by atoms with Crippen molar-refractivity contribution in [3.8, 4) is 0 Å². The van der Waals surface area contributed by atoms with Gasteiger partial charge in [0, 0.05) is 19.1 Å². The summed E-state index contributed by atoms with van der Waals surface area (Å²) in [7, 11) is 0. The second-order valence-corrected chi connectivity index (χ2v) is 2.99. The normalized spacial score (nSPS) is 26.0. The molecule has 2 atom stereocenters. The third kappa shape index (κ3) is 2.71. The fourth-order valence-electron chi connectivity index (χ4n) is 1.45. The molecular weight excluding hydrogens is 158 g/mol. The van der Waals surface area contributed by atoms with E-state index >= 15 is 0 Å². The Kier molecular flexibility index (Phi) is 4.53. The summed E-state index contributed by atoms with van der Waals surface area (Å²) in [5.74, 6) is 0.418. The summed E-state index contributed by atoms with van der Waals surface area (Å²) < 4.78 is 10.6. The smallest absolute Gasteiger partial charge is 0.0749 e. The van der Waals surface area contributed by atoms with Crippen molar-refractivity contribution < 1.29 is 14.6 Å². The number of nitrogens with two attached hydrogens (primary N) is 1. The average Bonchev–Trinajstić information content (AvgIpc) is 2.59. The zero-order chi connectivity index (χ0) is 8.81. The number of hydrogen-bond donors (Lipinski definition) is 2. The summed E-state index contributed by atoms with van der Waals surface area (Å²) in [4.78, 5) is 0. The molecule has 0 radical (unpaired) electrons. The van der Waals surface area contributed by atoms with Crippen molar-refractivity contribution in [3.05, 3.63) is 0 Å². The third-order valence-electron chi connectivity index (χ3n) is 2.15. The topological polar surface area (TPSA) is 64.7 Å². The van der Waals surface area contributed by atoms with E-state index in [1.165, 1.54) is 0 Å². The molecular formula is C8H17NO3. The Morgan fingerprint density at radius 1 is 1.67 bits per heavy atom. The molecule has 1 rings (SSSR count). The summed E-state index contributed by atoms with van der Waals surface area (Å²) in [5.41, 5.74) is 5.53. The quantitative estimate of drug-likeness (QED) is 0.583. The molecule has 4 nitrogen and oxygen atoms in total. The number of rotatable bonds is 5. The zero-order valence-electron chi connectivity index (χ0n) is 7.24. The van der Waals surface area contributed by atoms with E-state index in [0.717, 1.165) is 19.6 Å². The lowest BCUT2D eigenvalue weighted by molar-refractivity contribution is -0.00244. The van der Waals surface area contributed by atoms with Gasteiger partial charge in [0.2, 0.25) is 0 Å². The predicted octanol–water partition coefficient (Wildman–Crippen LogP) is -0.641. The first-order valence-electron chi connectivity index (χ1n) is 4.38. The molecule has 0 saturated carbocycles. The van der Waals surface area contributed by atoms with Gasteiger partial charge in [-0.1, -0.05) is 0 Å². The maximum absolute atomic E-state index is 8.56. The van der Waals surface area contributed by atoms with Crippen LogP contribution in [0.1, 0.15) is 6.42 Å². The molecule has 1 aliphatic heterocycles. The van der Waals surface area contributed by atoms with Gasteiger partial charge in [0.05, 0.1) is 25.9 Å². The molecule has 4 heteroatoms. The van der Waals surface area contributed by atoms with E-state index < -0.39 is 0 Å². The minimum atomic E-state index is 0.0552. The van der Waals surface area contributed by atoms with Crippen LogP contribution >= 0.6 is 0 Å². The first-order valence-corrected chi connectivity index (χ1v) is 4.38. The lowest BCUT2D eigenvalue weighted by Crippen LogP contribution is -2.33. The molecule has 0 spiro atoms. The van der Waals surface area contributed by atoms with Gasteiger partial charge in [-0.25, -0.2) is 0 Å². The van der Waals surface area contributed by atoms with E-state index in [4.69, 9.17) is 20.3 Å². The highest BCUT2D eigenvalue weighted by Gasteiger charge is 2.24. The maximum atomic E-state index is 8.56. The van der Waals surface area contributed by atoms with Crippen LogP contribution in [0.3, 0.4) is 0 Å². The summed E-state index contributed by atoms with van der Waals surface area (Å²) in [5, 5.41) is 8.56. The van der Waals surface area contributed by atoms with Gasteiger partial charge < -0.3 is 20.3 Å². The highest BCUT2D eigenvalue weighted by atomic mass is 16.5. The molecule has 12 heavy (non-hydrogen) atoms. The Labute approximate surface area is 72.6 Å². The SMILES string of the molecule is NCC(OCCO)C1CCOC1. The van der Waals surface area contributed by atoms with Crippen LogP contribution < -0.4 is 5.73 Å². The number of aliphatic hydroxyl groups excluding tert-OH is 1. The van der Waals surface area contributed by atoms with Crippen LogP contribution in [-0.2, 0) is 9.47 Å². The summed E-state index contributed by atoms with van der Waals surface area (Å²) in [6.07, 6.45) is 1.08. The molecule has 0 aromatic carbocycles. The molecule has 3 N–H and O–H groups in total. The van der Waals surface area contributed by atoms with Crippen molar-refractivity contribution >= 4 is 0 Å². The predicted molar refractivity (Wildman–Crippen MR) is 44.8 cm³/mol. The summed E-state index contributed by atoms with van der Waals surface area (Å²) >= 11 is 0. The Balaban J connectivity index is 2.22. The molecule has 1 heterocycles. The van der Waals surface area contributed by atoms with E-state index in [1.54, 1.807) is 0 Å². The first kappa shape index (κ1) is 9.92. The highest BCUT2D eigenvalue weighted by molar-refractivity contribution is 4.74. The van der Waals surface area contributed by atoms with E-state index in [2.05, 4.69) is 0 Å². The maximum Gasteiger partial charge on any atom is 0.0749 e. The lowest BCUT2D eigenvalue weighted by Gasteiger charge is -2.20. The summed E-state index contributed by atoms with van der Waals surface area (Å²) in [6.45, 7) is 2.49. The van der Waals surface area contributed by atoms with Crippen LogP contribution in [0.25, 0.3) is 0 Å². The fraction of sp³-hybridized carbons (Fsp3) is 1.00. The van der Waals surface area contributed by atoms with Gasteiger partial charge in [-0.3, -0.25) is 0 Å². The highest BCUT2D eigenvalue weighted by Crippen LogP contribution is 2.18. The van der Waals surface area contributed by atoms with Gasteiger partial charge in [-0.2, -0.15) is 0 Å². The van der Waals surface area contributed by atoms with Crippen LogP contribution in [0.2, 0.25) is 0 Å². The second-order valence-electron chi connectivity index (χ2n) is 2.99. The average molecular weight is 175 g/mol. The minimum Gasteiger partial charge on any atom is -0.394 e. The minimum absolute atomic E-state index is 0.0552. The number of aliphatic hydroxyl groups is 1. The standard InChI is InChI=1S/C8H17NO3/c9-5-8(12-4-2-10)7-1-3-11-6-7/h7-8,10H,1-6,9H2. The molecule has 0 bridgehead atoms. The molecule has 0 amide bonds. The van der Waals surface area contributed by atoms with Crippen molar-refractivity contribution in [3.63, 3.8) is 0 Å². The van der Waals surface area contributed by atoms with Crippen molar-refractivity contribution in [1.82, 2.24) is 0 Å². The number of ether oxygens (including phenoxy) is 2. The molecule has 1 fully saturated rings. The van der Waals surface area contributed by atoms with Crippen molar-refractivity contribution in [2.45, 2.75) is 12.5 Å². The van der Waals surface area contributed by atoms with Crippen LogP contribution in [0.5, 0.6) is 0 Å². The molecule has 0 aliphatic carbocycles. The van der Waals surface area contributed by atoms with Crippen molar-refractivity contribution in [2.24, 2.45) is 11.7 Å². The molecule has 72 valence electrons. The van der Waals surface area contributed by atoms with Gasteiger partial charge in [-0.15, -0.1) is 0 Å². The van der Waals surface area contributed by atoms with Crippen molar-refractivity contribution in [1.29, 1.82) is 0 Å². The van der Waals surface area contributed by atoms with Crippen LogP contribution in [-0.4, -0.2) is 44.2 Å². The van der Waals surface area contributed by atoms with E-state index in [9.17, 15) is 0 Å². The zero-order valence-corrected chi connectivity index (χ0v) is 7.24. The van der Waals surface area contributed by atoms with E-state index in [-0.39, 0.29) is 12.7 Å². The summed E-state index contributed by atoms with van der Waals surface area (Å²) in [6, 6.07) is 0. The van der Waals surface area contributed by atoms with Gasteiger partial charge in [-0.05, 0) is 6.42 Å². The Bertz CT molecular complexity index is 115. The van der Waals surface area contributed by atoms with Crippen LogP contribution in [0, 0.1) is 5.92 Å². The van der Waals surface area contributed by atoms with Gasteiger partial charge in [0.1, 0.15) is 0 Å². The molecule has 0 aromatic heterocycles. The molecule has 2 unspecified atom stereocenters. The fourth-order valence-corrected chi connectivity index (χ4v) is 1.45. The molecule has 0 aromatic rings. The second kappa shape index (κ2) is 5.48. The van der Waals surface area contributed by atoms with Gasteiger partial charge in [0.25, 0.3) is 0 Å². The van der Waals surface area contributed by atoms with Crippen molar-refractivity contribution in [2.75, 3.05) is 33.0 Å². The molecule has 1 aliphatic rings. The molecule has 1 saturated heterocycles. The first-order chi connectivity index (χ1) is 5.88. The Morgan fingerprint density at radius 2 is 2.50 bits per heavy atom. The Hall–Kier alpha value is -0.160. The lowest BCUT2D eigenvalue weighted by atomic mass is 10.0. The van der Waals surface area contributed by atoms with Gasteiger partial charge >= 0.3 is 0 Å². The van der Waals surface area contributed by atoms with E-state index in [1.807, 2.05) is 0 Å². The van der Waals surface area contributed by atoms with E-state index in [0.29, 0.717) is 19.1 Å².